The molecule has 0 saturated carbocycles. The molecule has 18 heavy (non-hydrogen) atoms. The molecule has 94 valence electrons. The maximum absolute atomic E-state index is 11.5. The summed E-state index contributed by atoms with van der Waals surface area (Å²) in [6.07, 6.45) is 3.55. The van der Waals surface area contributed by atoms with Gasteiger partial charge in [0.1, 0.15) is 5.82 Å². The van der Waals surface area contributed by atoms with Gasteiger partial charge in [0.2, 0.25) is 0 Å². The highest BCUT2D eigenvalue weighted by molar-refractivity contribution is 7.13. The topological polar surface area (TPSA) is 44.1 Å². The third-order valence-electron chi connectivity index (χ3n) is 2.38. The first kappa shape index (κ1) is 12.6. The van der Waals surface area contributed by atoms with E-state index in [1.54, 1.807) is 24.5 Å². The summed E-state index contributed by atoms with van der Waals surface area (Å²) < 4.78 is 6.81. The molecule has 2 rings (SSSR count). The molecule has 0 aliphatic carbocycles. The fourth-order valence-electron chi connectivity index (χ4n) is 1.57. The highest BCUT2D eigenvalue weighted by Crippen LogP contribution is 2.23. The van der Waals surface area contributed by atoms with Gasteiger partial charge in [0, 0.05) is 18.0 Å². The van der Waals surface area contributed by atoms with E-state index < -0.39 is 0 Å². The third-order valence-corrected chi connectivity index (χ3v) is 3.25. The summed E-state index contributed by atoms with van der Waals surface area (Å²) in [5.74, 6) is 0.485. The number of aromatic nitrogens is 2. The number of thiophene rings is 1. The molecule has 0 unspecified atom stereocenters. The molecule has 0 aliphatic heterocycles. The molecule has 4 nitrogen and oxygen atoms in total. The number of ether oxygens (including phenoxy) is 1. The number of hydrogen-bond donors (Lipinski definition) is 0. The molecule has 0 fully saturated rings. The number of imidazole rings is 1. The van der Waals surface area contributed by atoms with E-state index in [-0.39, 0.29) is 5.97 Å². The van der Waals surface area contributed by atoms with Crippen molar-refractivity contribution in [1.29, 1.82) is 0 Å². The van der Waals surface area contributed by atoms with Crippen LogP contribution in [-0.2, 0) is 16.1 Å². The molecule has 2 heterocycles. The summed E-state index contributed by atoms with van der Waals surface area (Å²) >= 11 is 1.61. The van der Waals surface area contributed by atoms with E-state index in [4.69, 9.17) is 4.74 Å². The first-order valence-electron chi connectivity index (χ1n) is 5.62. The van der Waals surface area contributed by atoms with E-state index in [0.717, 1.165) is 10.7 Å². The van der Waals surface area contributed by atoms with Gasteiger partial charge in [0.05, 0.1) is 18.0 Å². The maximum Gasteiger partial charge on any atom is 0.335 e. The van der Waals surface area contributed by atoms with Crippen LogP contribution in [0, 0.1) is 0 Å². The second kappa shape index (κ2) is 5.64. The minimum atomic E-state index is -0.358. The van der Waals surface area contributed by atoms with E-state index in [0.29, 0.717) is 18.7 Å². The smallest absolute Gasteiger partial charge is 0.335 e. The van der Waals surface area contributed by atoms with Crippen LogP contribution in [0.15, 0.2) is 42.1 Å². The molecule has 0 aromatic carbocycles. The van der Waals surface area contributed by atoms with Gasteiger partial charge in [-0.1, -0.05) is 12.6 Å². The van der Waals surface area contributed by atoms with Crippen molar-refractivity contribution < 1.29 is 9.53 Å². The number of hydrogen-bond acceptors (Lipinski definition) is 4. The van der Waals surface area contributed by atoms with E-state index in [1.807, 2.05) is 28.3 Å². The van der Waals surface area contributed by atoms with Crippen LogP contribution >= 0.6 is 11.3 Å². The normalized spacial score (nSPS) is 10.3. The molecule has 0 spiro atoms. The van der Waals surface area contributed by atoms with Crippen LogP contribution in [0.4, 0.5) is 0 Å². The number of carbonyl (C=O) groups excluding carboxylic acids is 1. The second-order valence-corrected chi connectivity index (χ2v) is 4.63. The molecule has 0 saturated heterocycles. The van der Waals surface area contributed by atoms with Gasteiger partial charge in [-0.3, -0.25) is 0 Å². The number of rotatable bonds is 5. The standard InChI is InChI=1S/C13H14N2O2S/c1-3-17-13(16)10(2)9-15-7-6-14-12(15)11-5-4-8-18-11/h4-8H,2-3,9H2,1H3. The largest absolute Gasteiger partial charge is 0.463 e. The third kappa shape index (κ3) is 2.68. The van der Waals surface area contributed by atoms with Crippen molar-refractivity contribution in [3.63, 3.8) is 0 Å². The molecular weight excluding hydrogens is 248 g/mol. The summed E-state index contributed by atoms with van der Waals surface area (Å²) in [5.41, 5.74) is 0.424. The zero-order valence-electron chi connectivity index (χ0n) is 10.1. The molecule has 0 radical (unpaired) electrons. The fraction of sp³-hybridized carbons (Fsp3) is 0.231. The van der Waals surface area contributed by atoms with Crippen molar-refractivity contribution in [2.45, 2.75) is 13.5 Å². The monoisotopic (exact) mass is 262 g/mol. The molecule has 0 atom stereocenters. The molecule has 0 N–H and O–H groups in total. The first-order chi connectivity index (χ1) is 8.72. The summed E-state index contributed by atoms with van der Waals surface area (Å²) in [6, 6.07) is 3.97. The van der Waals surface area contributed by atoms with Gasteiger partial charge >= 0.3 is 5.97 Å². The number of esters is 1. The van der Waals surface area contributed by atoms with Crippen molar-refractivity contribution in [1.82, 2.24) is 9.55 Å². The average Bonchev–Trinajstić information content (AvgIpc) is 2.98. The van der Waals surface area contributed by atoms with E-state index in [2.05, 4.69) is 11.6 Å². The molecule has 0 aliphatic rings. The summed E-state index contributed by atoms with van der Waals surface area (Å²) in [6.45, 7) is 6.28. The average molecular weight is 262 g/mol. The maximum atomic E-state index is 11.5. The van der Waals surface area contributed by atoms with Gasteiger partial charge in [-0.2, -0.15) is 0 Å². The van der Waals surface area contributed by atoms with Crippen LogP contribution in [0.3, 0.4) is 0 Å². The van der Waals surface area contributed by atoms with Crippen molar-refractivity contribution >= 4 is 17.3 Å². The Labute approximate surface area is 110 Å². The fourth-order valence-corrected chi connectivity index (χ4v) is 2.31. The highest BCUT2D eigenvalue weighted by Gasteiger charge is 2.12. The van der Waals surface area contributed by atoms with Crippen molar-refractivity contribution in [2.75, 3.05) is 6.61 Å². The van der Waals surface area contributed by atoms with Gasteiger partial charge in [-0.05, 0) is 18.4 Å². The Hall–Kier alpha value is -1.88. The van der Waals surface area contributed by atoms with Crippen LogP contribution in [-0.4, -0.2) is 22.1 Å². The molecule has 2 aromatic heterocycles. The van der Waals surface area contributed by atoms with Gasteiger partial charge in [0.15, 0.2) is 0 Å². The van der Waals surface area contributed by atoms with Crippen LogP contribution in [0.1, 0.15) is 6.92 Å². The van der Waals surface area contributed by atoms with E-state index >= 15 is 0 Å². The van der Waals surface area contributed by atoms with Crippen LogP contribution in [0.2, 0.25) is 0 Å². The molecule has 2 aromatic rings. The lowest BCUT2D eigenvalue weighted by atomic mass is 10.3. The van der Waals surface area contributed by atoms with Gasteiger partial charge in [-0.25, -0.2) is 9.78 Å². The summed E-state index contributed by atoms with van der Waals surface area (Å²) in [4.78, 5) is 16.9. The van der Waals surface area contributed by atoms with Gasteiger partial charge in [-0.15, -0.1) is 11.3 Å². The van der Waals surface area contributed by atoms with Crippen LogP contribution < -0.4 is 0 Å². The number of carbonyl (C=O) groups is 1. The zero-order chi connectivity index (χ0) is 13.0. The Morgan fingerprint density at radius 2 is 2.44 bits per heavy atom. The SMILES string of the molecule is C=C(Cn1ccnc1-c1cccs1)C(=O)OCC. The minimum Gasteiger partial charge on any atom is -0.463 e. The van der Waals surface area contributed by atoms with Gasteiger partial charge in [0.25, 0.3) is 0 Å². The van der Waals surface area contributed by atoms with Crippen molar-refractivity contribution in [3.8, 4) is 10.7 Å². The van der Waals surface area contributed by atoms with Crippen LogP contribution in [0.5, 0.6) is 0 Å². The zero-order valence-corrected chi connectivity index (χ0v) is 10.9. The Balaban J connectivity index is 2.14. The predicted molar refractivity (Wildman–Crippen MR) is 71.3 cm³/mol. The summed E-state index contributed by atoms with van der Waals surface area (Å²) in [5, 5.41) is 1.99. The molecule has 0 amide bonds. The summed E-state index contributed by atoms with van der Waals surface area (Å²) in [7, 11) is 0. The molecule has 0 bridgehead atoms. The lowest BCUT2D eigenvalue weighted by Crippen LogP contribution is -2.12. The Kier molecular flexibility index (Phi) is 3.94. The van der Waals surface area contributed by atoms with E-state index in [1.165, 1.54) is 0 Å². The lowest BCUT2D eigenvalue weighted by molar-refractivity contribution is -0.138. The minimum absolute atomic E-state index is 0.358. The Morgan fingerprint density at radius 3 is 3.11 bits per heavy atom. The van der Waals surface area contributed by atoms with Gasteiger partial charge < -0.3 is 9.30 Å². The van der Waals surface area contributed by atoms with Crippen LogP contribution in [0.25, 0.3) is 10.7 Å². The Morgan fingerprint density at radius 1 is 1.61 bits per heavy atom. The van der Waals surface area contributed by atoms with Crippen molar-refractivity contribution in [3.05, 3.63) is 42.1 Å². The number of nitrogens with zero attached hydrogens (tertiary/aromatic N) is 2. The Bertz CT molecular complexity index is 543. The molecular formula is C13H14N2O2S. The molecule has 5 heteroatoms. The second-order valence-electron chi connectivity index (χ2n) is 3.68. The lowest BCUT2D eigenvalue weighted by Gasteiger charge is -2.08. The predicted octanol–water partition coefficient (Wildman–Crippen LogP) is 2.73. The van der Waals surface area contributed by atoms with Crippen molar-refractivity contribution in [2.24, 2.45) is 0 Å². The quantitative estimate of drug-likeness (QED) is 0.614. The van der Waals surface area contributed by atoms with E-state index in [9.17, 15) is 4.79 Å². The highest BCUT2D eigenvalue weighted by atomic mass is 32.1. The first-order valence-corrected chi connectivity index (χ1v) is 6.50.